The van der Waals surface area contributed by atoms with Gasteiger partial charge in [0.15, 0.2) is 0 Å². The molecule has 108 valence electrons. The van der Waals surface area contributed by atoms with E-state index >= 15 is 0 Å². The zero-order valence-electron chi connectivity index (χ0n) is 11.2. The lowest BCUT2D eigenvalue weighted by Gasteiger charge is -2.21. The van der Waals surface area contributed by atoms with Crippen LogP contribution in [0.1, 0.15) is 26.2 Å². The van der Waals surface area contributed by atoms with Crippen molar-refractivity contribution < 1.29 is 24.6 Å². The van der Waals surface area contributed by atoms with E-state index in [0.29, 0.717) is 6.54 Å². The minimum Gasteiger partial charge on any atom is -0.481 e. The molecule has 19 heavy (non-hydrogen) atoms. The number of carboxylic acid groups (broad SMARTS) is 2. The summed E-state index contributed by atoms with van der Waals surface area (Å²) in [6, 6.07) is -1.61. The molecule has 0 rings (SSSR count). The fourth-order valence-corrected chi connectivity index (χ4v) is 1.45. The molecule has 3 N–H and O–H groups in total. The molecule has 0 fully saturated rings. The lowest BCUT2D eigenvalue weighted by Crippen LogP contribution is -2.47. The van der Waals surface area contributed by atoms with E-state index in [1.165, 1.54) is 11.9 Å². The summed E-state index contributed by atoms with van der Waals surface area (Å²) in [6.07, 6.45) is 0.145. The lowest BCUT2D eigenvalue weighted by molar-refractivity contribution is -0.140. The van der Waals surface area contributed by atoms with Crippen molar-refractivity contribution in [3.05, 3.63) is 12.2 Å². The van der Waals surface area contributed by atoms with E-state index in [0.717, 1.165) is 5.57 Å². The van der Waals surface area contributed by atoms with Gasteiger partial charge in [0.1, 0.15) is 6.04 Å². The van der Waals surface area contributed by atoms with Crippen molar-refractivity contribution in [3.8, 4) is 0 Å². The predicted molar refractivity (Wildman–Crippen MR) is 68.9 cm³/mol. The molecule has 0 saturated carbocycles. The molecule has 0 bridgehead atoms. The first kappa shape index (κ1) is 16.9. The molecule has 0 saturated heterocycles. The Hall–Kier alpha value is -2.05. The van der Waals surface area contributed by atoms with E-state index in [1.807, 2.05) is 0 Å². The molecule has 7 heteroatoms. The van der Waals surface area contributed by atoms with Crippen LogP contribution in [0.2, 0.25) is 0 Å². The number of hydrogen-bond acceptors (Lipinski definition) is 3. The standard InChI is InChI=1S/C12H20N2O5/c1-8(2)7-14(3)12(19)13-9(11(17)18)5-4-6-10(15)16/h9H,1,4-7H2,2-3H3,(H,13,19)(H,15,16)(H,17,18)/t9-/m1/s1. The van der Waals surface area contributed by atoms with Crippen LogP contribution in [0.4, 0.5) is 4.79 Å². The molecule has 0 unspecified atom stereocenters. The number of amides is 2. The Morgan fingerprint density at radius 3 is 2.32 bits per heavy atom. The average molecular weight is 272 g/mol. The fourth-order valence-electron chi connectivity index (χ4n) is 1.45. The van der Waals surface area contributed by atoms with Crippen LogP contribution in [-0.2, 0) is 9.59 Å². The number of rotatable bonds is 8. The zero-order valence-corrected chi connectivity index (χ0v) is 11.2. The summed E-state index contributed by atoms with van der Waals surface area (Å²) in [5, 5.41) is 19.8. The number of likely N-dealkylation sites (N-methyl/N-ethyl adjacent to an activating group) is 1. The van der Waals surface area contributed by atoms with E-state index < -0.39 is 24.0 Å². The Bertz CT molecular complexity index is 367. The lowest BCUT2D eigenvalue weighted by atomic mass is 10.1. The first-order chi connectivity index (χ1) is 8.73. The number of carbonyl (C=O) groups excluding carboxylic acids is 1. The zero-order chi connectivity index (χ0) is 15.0. The normalized spacial score (nSPS) is 11.5. The van der Waals surface area contributed by atoms with Gasteiger partial charge in [-0.3, -0.25) is 4.79 Å². The van der Waals surface area contributed by atoms with E-state index in [9.17, 15) is 14.4 Å². The maximum atomic E-state index is 11.7. The highest BCUT2D eigenvalue weighted by Crippen LogP contribution is 2.03. The van der Waals surface area contributed by atoms with E-state index in [-0.39, 0.29) is 19.3 Å². The largest absolute Gasteiger partial charge is 0.481 e. The minimum absolute atomic E-state index is 0.0777. The summed E-state index contributed by atoms with van der Waals surface area (Å²) in [7, 11) is 1.53. The Kier molecular flexibility index (Phi) is 7.25. The SMILES string of the molecule is C=C(C)CN(C)C(=O)N[C@H](CCCC(=O)O)C(=O)O. The smallest absolute Gasteiger partial charge is 0.326 e. The predicted octanol–water partition coefficient (Wildman–Crippen LogP) is 0.912. The van der Waals surface area contributed by atoms with Gasteiger partial charge >= 0.3 is 18.0 Å². The third-order valence-corrected chi connectivity index (χ3v) is 2.33. The summed E-state index contributed by atoms with van der Waals surface area (Å²) in [5.41, 5.74) is 0.774. The number of carbonyl (C=O) groups is 3. The Morgan fingerprint density at radius 2 is 1.89 bits per heavy atom. The molecule has 0 aromatic rings. The molecule has 0 aromatic heterocycles. The molecule has 0 aliphatic carbocycles. The van der Waals surface area contributed by atoms with Crippen molar-refractivity contribution in [2.75, 3.05) is 13.6 Å². The van der Waals surface area contributed by atoms with Gasteiger partial charge in [-0.1, -0.05) is 12.2 Å². The van der Waals surface area contributed by atoms with Gasteiger partial charge in [-0.05, 0) is 19.8 Å². The summed E-state index contributed by atoms with van der Waals surface area (Å²) >= 11 is 0. The first-order valence-electron chi connectivity index (χ1n) is 5.84. The van der Waals surface area contributed by atoms with Gasteiger partial charge in [0.2, 0.25) is 0 Å². The highest BCUT2D eigenvalue weighted by Gasteiger charge is 2.21. The molecular formula is C12H20N2O5. The number of nitrogens with zero attached hydrogens (tertiary/aromatic N) is 1. The molecular weight excluding hydrogens is 252 g/mol. The van der Waals surface area contributed by atoms with Gasteiger partial charge in [0, 0.05) is 20.0 Å². The molecule has 2 amide bonds. The van der Waals surface area contributed by atoms with Gasteiger partial charge in [0.25, 0.3) is 0 Å². The molecule has 0 spiro atoms. The van der Waals surface area contributed by atoms with Crippen molar-refractivity contribution >= 4 is 18.0 Å². The molecule has 0 aromatic carbocycles. The fraction of sp³-hybridized carbons (Fsp3) is 0.583. The van der Waals surface area contributed by atoms with Crippen molar-refractivity contribution in [2.45, 2.75) is 32.2 Å². The molecule has 0 heterocycles. The van der Waals surface area contributed by atoms with Crippen molar-refractivity contribution in [3.63, 3.8) is 0 Å². The van der Waals surface area contributed by atoms with Crippen molar-refractivity contribution in [1.82, 2.24) is 10.2 Å². The summed E-state index contributed by atoms with van der Waals surface area (Å²) < 4.78 is 0. The van der Waals surface area contributed by atoms with Crippen LogP contribution < -0.4 is 5.32 Å². The molecule has 0 aliphatic rings. The monoisotopic (exact) mass is 272 g/mol. The Balaban J connectivity index is 4.33. The first-order valence-corrected chi connectivity index (χ1v) is 5.84. The van der Waals surface area contributed by atoms with Crippen LogP contribution >= 0.6 is 0 Å². The average Bonchev–Trinajstić information content (AvgIpc) is 2.25. The van der Waals surface area contributed by atoms with E-state index in [4.69, 9.17) is 10.2 Å². The number of nitrogens with one attached hydrogen (secondary N) is 1. The Labute approximate surface area is 111 Å². The maximum absolute atomic E-state index is 11.7. The molecule has 1 atom stereocenters. The van der Waals surface area contributed by atoms with Gasteiger partial charge < -0.3 is 20.4 Å². The van der Waals surface area contributed by atoms with E-state index in [2.05, 4.69) is 11.9 Å². The highest BCUT2D eigenvalue weighted by molar-refractivity contribution is 5.82. The van der Waals surface area contributed by atoms with Gasteiger partial charge in [-0.2, -0.15) is 0 Å². The number of hydrogen-bond donors (Lipinski definition) is 3. The second-order valence-electron chi connectivity index (χ2n) is 4.44. The van der Waals surface area contributed by atoms with Crippen LogP contribution in [-0.4, -0.2) is 52.7 Å². The topological polar surface area (TPSA) is 107 Å². The minimum atomic E-state index is -1.18. The van der Waals surface area contributed by atoms with Crippen molar-refractivity contribution in [1.29, 1.82) is 0 Å². The molecule has 0 aliphatic heterocycles. The molecule has 0 radical (unpaired) electrons. The van der Waals surface area contributed by atoms with Gasteiger partial charge in [0.05, 0.1) is 0 Å². The van der Waals surface area contributed by atoms with Crippen molar-refractivity contribution in [2.24, 2.45) is 0 Å². The van der Waals surface area contributed by atoms with Gasteiger partial charge in [-0.25, -0.2) is 9.59 Å². The quantitative estimate of drug-likeness (QED) is 0.569. The van der Waals surface area contributed by atoms with Crippen LogP contribution in [0.5, 0.6) is 0 Å². The second kappa shape index (κ2) is 8.12. The second-order valence-corrected chi connectivity index (χ2v) is 4.44. The number of aliphatic carboxylic acids is 2. The van der Waals surface area contributed by atoms with Crippen LogP contribution in [0.3, 0.4) is 0 Å². The summed E-state index contributed by atoms with van der Waals surface area (Å²) in [5.74, 6) is -2.17. The third-order valence-electron chi connectivity index (χ3n) is 2.33. The molecule has 7 nitrogen and oxygen atoms in total. The summed E-state index contributed by atoms with van der Waals surface area (Å²) in [6.45, 7) is 5.74. The Morgan fingerprint density at radius 1 is 1.32 bits per heavy atom. The van der Waals surface area contributed by atoms with Crippen LogP contribution in [0.15, 0.2) is 12.2 Å². The number of urea groups is 1. The van der Waals surface area contributed by atoms with E-state index in [1.54, 1.807) is 6.92 Å². The number of carboxylic acids is 2. The maximum Gasteiger partial charge on any atom is 0.326 e. The third kappa shape index (κ3) is 7.80. The van der Waals surface area contributed by atoms with Crippen LogP contribution in [0.25, 0.3) is 0 Å². The highest BCUT2D eigenvalue weighted by atomic mass is 16.4. The van der Waals surface area contributed by atoms with Gasteiger partial charge in [-0.15, -0.1) is 0 Å². The van der Waals surface area contributed by atoms with Crippen LogP contribution in [0, 0.1) is 0 Å². The summed E-state index contributed by atoms with van der Waals surface area (Å²) in [4.78, 5) is 34.3.